The number of hydrogen-bond acceptors (Lipinski definition) is 6. The first-order valence-corrected chi connectivity index (χ1v) is 9.52. The number of thiazole rings is 1. The van der Waals surface area contributed by atoms with E-state index < -0.39 is 0 Å². The van der Waals surface area contributed by atoms with Crippen LogP contribution in [-0.4, -0.2) is 42.9 Å². The summed E-state index contributed by atoms with van der Waals surface area (Å²) >= 11 is 1.72. The molecule has 4 heterocycles. The van der Waals surface area contributed by atoms with E-state index in [1.54, 1.807) is 11.3 Å². The lowest BCUT2D eigenvalue weighted by Gasteiger charge is -2.31. The third-order valence-corrected chi connectivity index (χ3v) is 5.31. The van der Waals surface area contributed by atoms with Gasteiger partial charge < -0.3 is 4.98 Å². The summed E-state index contributed by atoms with van der Waals surface area (Å²) in [5.41, 5.74) is 4.82. The van der Waals surface area contributed by atoms with Crippen molar-refractivity contribution in [2.24, 2.45) is 0 Å². The molecule has 1 aliphatic rings. The SMILES string of the molecule is Cc1cc(-c2ncc(C)[nH]2)nc(C2CCCN(Cc3cncs3)C2)n1. The third kappa shape index (κ3) is 3.77. The summed E-state index contributed by atoms with van der Waals surface area (Å²) in [5, 5.41) is 0. The molecule has 7 heteroatoms. The maximum Gasteiger partial charge on any atom is 0.156 e. The van der Waals surface area contributed by atoms with Crippen LogP contribution in [0.25, 0.3) is 11.5 Å². The highest BCUT2D eigenvalue weighted by molar-refractivity contribution is 7.09. The molecule has 1 aliphatic heterocycles. The number of imidazole rings is 1. The number of rotatable bonds is 4. The van der Waals surface area contributed by atoms with Crippen molar-refractivity contribution in [3.05, 3.63) is 46.1 Å². The summed E-state index contributed by atoms with van der Waals surface area (Å²) in [7, 11) is 0. The molecule has 25 heavy (non-hydrogen) atoms. The molecular weight excluding hydrogens is 332 g/mol. The normalized spacial score (nSPS) is 18.6. The van der Waals surface area contributed by atoms with E-state index in [1.165, 1.54) is 11.3 Å². The minimum atomic E-state index is 0.372. The van der Waals surface area contributed by atoms with Crippen LogP contribution in [0, 0.1) is 13.8 Å². The van der Waals surface area contributed by atoms with Crippen molar-refractivity contribution in [1.82, 2.24) is 29.8 Å². The number of aromatic nitrogens is 5. The van der Waals surface area contributed by atoms with E-state index in [0.29, 0.717) is 5.92 Å². The second kappa shape index (κ2) is 7.01. The molecule has 0 amide bonds. The van der Waals surface area contributed by atoms with Crippen molar-refractivity contribution in [2.75, 3.05) is 13.1 Å². The molecule has 1 fully saturated rings. The molecule has 3 aromatic rings. The first kappa shape index (κ1) is 16.4. The van der Waals surface area contributed by atoms with Gasteiger partial charge in [-0.2, -0.15) is 0 Å². The van der Waals surface area contributed by atoms with Gasteiger partial charge in [0.25, 0.3) is 0 Å². The summed E-state index contributed by atoms with van der Waals surface area (Å²) in [6.45, 7) is 7.13. The Morgan fingerprint density at radius 3 is 2.96 bits per heavy atom. The molecule has 0 aliphatic carbocycles. The largest absolute Gasteiger partial charge is 0.341 e. The van der Waals surface area contributed by atoms with Crippen LogP contribution in [0.1, 0.15) is 40.8 Å². The number of aryl methyl sites for hydroxylation is 2. The van der Waals surface area contributed by atoms with Crippen LogP contribution in [0.15, 0.2) is 24.0 Å². The molecular formula is C18H22N6S. The van der Waals surface area contributed by atoms with Gasteiger partial charge >= 0.3 is 0 Å². The zero-order valence-corrected chi connectivity index (χ0v) is 15.4. The number of H-pyrrole nitrogens is 1. The number of likely N-dealkylation sites (tertiary alicyclic amines) is 1. The molecule has 0 spiro atoms. The Hall–Kier alpha value is -2.12. The van der Waals surface area contributed by atoms with E-state index >= 15 is 0 Å². The lowest BCUT2D eigenvalue weighted by atomic mass is 9.97. The highest BCUT2D eigenvalue weighted by Gasteiger charge is 2.24. The van der Waals surface area contributed by atoms with E-state index in [9.17, 15) is 0 Å². The van der Waals surface area contributed by atoms with Gasteiger partial charge in [0.15, 0.2) is 5.82 Å². The number of hydrogen-bond donors (Lipinski definition) is 1. The Bertz CT molecular complexity index is 841. The second-order valence-electron chi connectivity index (χ2n) is 6.71. The molecule has 0 aromatic carbocycles. The van der Waals surface area contributed by atoms with Gasteiger partial charge in [-0.25, -0.2) is 15.0 Å². The molecule has 3 aromatic heterocycles. The predicted octanol–water partition coefficient (Wildman–Crippen LogP) is 3.32. The summed E-state index contributed by atoms with van der Waals surface area (Å²) in [6, 6.07) is 2.00. The molecule has 6 nitrogen and oxygen atoms in total. The Morgan fingerprint density at radius 2 is 2.20 bits per heavy atom. The van der Waals surface area contributed by atoms with Crippen molar-refractivity contribution < 1.29 is 0 Å². The number of nitrogens with zero attached hydrogens (tertiary/aromatic N) is 5. The van der Waals surface area contributed by atoms with Crippen LogP contribution in [0.5, 0.6) is 0 Å². The molecule has 0 saturated carbocycles. The maximum atomic E-state index is 4.83. The highest BCUT2D eigenvalue weighted by Crippen LogP contribution is 2.27. The van der Waals surface area contributed by atoms with E-state index in [0.717, 1.165) is 54.8 Å². The summed E-state index contributed by atoms with van der Waals surface area (Å²) in [5.74, 6) is 2.14. The van der Waals surface area contributed by atoms with Gasteiger partial charge in [-0.05, 0) is 39.3 Å². The zero-order valence-electron chi connectivity index (χ0n) is 14.6. The number of piperidine rings is 1. The van der Waals surface area contributed by atoms with Crippen LogP contribution >= 0.6 is 11.3 Å². The van der Waals surface area contributed by atoms with Gasteiger partial charge in [-0.15, -0.1) is 11.3 Å². The standard InChI is InChI=1S/C18H22N6S/c1-12-6-16(18-20-7-13(2)22-18)23-17(21-12)14-4-3-5-24(9-14)10-15-8-19-11-25-15/h6-8,11,14H,3-5,9-10H2,1-2H3,(H,20,22). The minimum absolute atomic E-state index is 0.372. The Labute approximate surface area is 151 Å². The van der Waals surface area contributed by atoms with Crippen molar-refractivity contribution in [1.29, 1.82) is 0 Å². The van der Waals surface area contributed by atoms with Gasteiger partial charge in [-0.3, -0.25) is 9.88 Å². The first-order chi connectivity index (χ1) is 12.2. The smallest absolute Gasteiger partial charge is 0.156 e. The molecule has 0 bridgehead atoms. The number of nitrogens with one attached hydrogen (secondary N) is 1. The van der Waals surface area contributed by atoms with E-state index in [-0.39, 0.29) is 0 Å². The summed E-state index contributed by atoms with van der Waals surface area (Å²) in [4.78, 5) is 25.2. The second-order valence-corrected chi connectivity index (χ2v) is 7.68. The van der Waals surface area contributed by atoms with Gasteiger partial charge in [0, 0.05) is 47.7 Å². The fourth-order valence-electron chi connectivity index (χ4n) is 3.39. The van der Waals surface area contributed by atoms with Crippen molar-refractivity contribution in [3.63, 3.8) is 0 Å². The van der Waals surface area contributed by atoms with E-state index in [1.807, 2.05) is 37.8 Å². The molecule has 1 N–H and O–H groups in total. The van der Waals surface area contributed by atoms with E-state index in [2.05, 4.69) is 19.9 Å². The lowest BCUT2D eigenvalue weighted by molar-refractivity contribution is 0.198. The average molecular weight is 354 g/mol. The molecule has 130 valence electrons. The Kier molecular flexibility index (Phi) is 4.59. The predicted molar refractivity (Wildman–Crippen MR) is 98.5 cm³/mol. The Morgan fingerprint density at radius 1 is 1.28 bits per heavy atom. The van der Waals surface area contributed by atoms with Crippen LogP contribution in [0.2, 0.25) is 0 Å². The van der Waals surface area contributed by atoms with Gasteiger partial charge in [0.2, 0.25) is 0 Å². The molecule has 0 radical (unpaired) electrons. The summed E-state index contributed by atoms with van der Waals surface area (Å²) < 4.78 is 0. The lowest BCUT2D eigenvalue weighted by Crippen LogP contribution is -2.34. The number of aromatic amines is 1. The fraction of sp³-hybridized carbons (Fsp3) is 0.444. The van der Waals surface area contributed by atoms with Crippen LogP contribution in [0.4, 0.5) is 0 Å². The topological polar surface area (TPSA) is 70.6 Å². The third-order valence-electron chi connectivity index (χ3n) is 4.55. The fourth-order valence-corrected chi connectivity index (χ4v) is 4.02. The Balaban J connectivity index is 1.55. The zero-order chi connectivity index (χ0) is 17.2. The van der Waals surface area contributed by atoms with E-state index in [4.69, 9.17) is 9.97 Å². The summed E-state index contributed by atoms with van der Waals surface area (Å²) in [6.07, 6.45) is 6.12. The van der Waals surface area contributed by atoms with Gasteiger partial charge in [-0.1, -0.05) is 0 Å². The minimum Gasteiger partial charge on any atom is -0.341 e. The van der Waals surface area contributed by atoms with Crippen molar-refractivity contribution in [3.8, 4) is 11.5 Å². The molecule has 1 unspecified atom stereocenters. The van der Waals surface area contributed by atoms with Crippen molar-refractivity contribution in [2.45, 2.75) is 39.2 Å². The van der Waals surface area contributed by atoms with Gasteiger partial charge in [0.1, 0.15) is 11.5 Å². The van der Waals surface area contributed by atoms with Gasteiger partial charge in [0.05, 0.1) is 5.51 Å². The molecule has 1 atom stereocenters. The quantitative estimate of drug-likeness (QED) is 0.778. The molecule has 1 saturated heterocycles. The van der Waals surface area contributed by atoms with Crippen molar-refractivity contribution >= 4 is 11.3 Å². The van der Waals surface area contributed by atoms with Crippen LogP contribution < -0.4 is 0 Å². The highest BCUT2D eigenvalue weighted by atomic mass is 32.1. The first-order valence-electron chi connectivity index (χ1n) is 8.64. The molecule has 4 rings (SSSR count). The van der Waals surface area contributed by atoms with Crippen LogP contribution in [0.3, 0.4) is 0 Å². The van der Waals surface area contributed by atoms with Crippen LogP contribution in [-0.2, 0) is 6.54 Å². The monoisotopic (exact) mass is 354 g/mol. The maximum absolute atomic E-state index is 4.83. The average Bonchev–Trinajstić information content (AvgIpc) is 3.26.